The molecule has 2 unspecified atom stereocenters. The van der Waals surface area contributed by atoms with Crippen LogP contribution in [0.1, 0.15) is 113 Å². The van der Waals surface area contributed by atoms with E-state index in [9.17, 15) is 13.6 Å². The zero-order chi connectivity index (χ0) is 32.3. The number of ketones is 1. The summed E-state index contributed by atoms with van der Waals surface area (Å²) in [6.45, 7) is -0.541. The van der Waals surface area contributed by atoms with Gasteiger partial charge < -0.3 is 10.1 Å². The quantitative estimate of drug-likeness (QED) is 0.102. The number of hydrogen-bond donors (Lipinski definition) is 1. The number of nitrogens with one attached hydrogen (secondary N) is 1. The Morgan fingerprint density at radius 2 is 1.74 bits per heavy atom. The molecule has 3 aliphatic rings. The van der Waals surface area contributed by atoms with E-state index in [1.54, 1.807) is 12.1 Å². The number of halogens is 3. The second-order valence-corrected chi connectivity index (χ2v) is 14.3. The summed E-state index contributed by atoms with van der Waals surface area (Å²) in [7, 11) is 0. The van der Waals surface area contributed by atoms with Gasteiger partial charge in [-0.15, -0.1) is 0 Å². The van der Waals surface area contributed by atoms with Crippen LogP contribution < -0.4 is 10.1 Å². The highest BCUT2D eigenvalue weighted by Crippen LogP contribution is 2.37. The van der Waals surface area contributed by atoms with Crippen molar-refractivity contribution in [2.75, 3.05) is 5.32 Å². The number of Topliss-reactive ketones (excluding diaryl/α,β-unsaturated/α-hetero) is 1. The number of rotatable bonds is 12. The maximum Gasteiger partial charge on any atom is 0.387 e. The molecule has 0 saturated heterocycles. The van der Waals surface area contributed by atoms with Crippen LogP contribution in [0.2, 0.25) is 0 Å². The van der Waals surface area contributed by atoms with Crippen molar-refractivity contribution in [1.82, 2.24) is 0 Å². The average molecular weight is 741 g/mol. The maximum absolute atomic E-state index is 13.3. The summed E-state index contributed by atoms with van der Waals surface area (Å²) < 4.78 is 30.8. The molecule has 7 heteroatoms. The number of alkyl halides is 2. The van der Waals surface area contributed by atoms with Crippen molar-refractivity contribution < 1.29 is 18.3 Å². The van der Waals surface area contributed by atoms with Crippen LogP contribution in [0, 0.1) is 21.3 Å². The number of allylic oxidation sites excluding steroid dienone is 5. The third-order valence-electron chi connectivity index (χ3n) is 9.66. The molecule has 0 amide bonds. The predicted octanol–water partition coefficient (Wildman–Crippen LogP) is 11.8. The topological polar surface area (TPSA) is 50.7 Å². The monoisotopic (exact) mass is 740 g/mol. The Balaban J connectivity index is 1.21. The van der Waals surface area contributed by atoms with Gasteiger partial charge in [0.05, 0.1) is 11.4 Å². The van der Waals surface area contributed by atoms with Gasteiger partial charge in [-0.3, -0.25) is 9.79 Å². The second-order valence-electron chi connectivity index (χ2n) is 13.1. The van der Waals surface area contributed by atoms with E-state index in [1.165, 1.54) is 51.4 Å². The average Bonchev–Trinajstić information content (AvgIpc) is 3.28. The standard InChI is InChI=1S/C39H47F2IN2O2/c1-27(15-17-28-11-7-5-6-8-12-28)16-24-37(45)33-23-20-30(25-35(33)42)44-36-14-10-4-2-3-9-13-32-34(26-43-38(32)36)29-18-21-31(22-19-29)46-39(40)41/h2-3,14,18-23,25-28,32,39,44H,4-13,15-17,24H2,1H3/b3-2-,36-14+. The Morgan fingerprint density at radius 3 is 2.48 bits per heavy atom. The van der Waals surface area contributed by atoms with E-state index in [0.717, 1.165) is 75.4 Å². The van der Waals surface area contributed by atoms with Crippen molar-refractivity contribution in [2.45, 2.75) is 103 Å². The third-order valence-corrected chi connectivity index (χ3v) is 10.6. The number of carbonyl (C=O) groups excluding carboxylic acids is 1. The molecule has 46 heavy (non-hydrogen) atoms. The predicted molar refractivity (Wildman–Crippen MR) is 194 cm³/mol. The first-order valence-electron chi connectivity index (χ1n) is 17.2. The first-order valence-corrected chi connectivity index (χ1v) is 18.2. The Kier molecular flexibility index (Phi) is 13.0. The molecule has 0 aromatic heterocycles. The normalized spacial score (nSPS) is 21.7. The van der Waals surface area contributed by atoms with Crippen molar-refractivity contribution in [3.8, 4) is 5.75 Å². The molecule has 4 nitrogen and oxygen atoms in total. The van der Waals surface area contributed by atoms with Gasteiger partial charge in [0.25, 0.3) is 0 Å². The fourth-order valence-electron chi connectivity index (χ4n) is 6.97. The minimum absolute atomic E-state index is 0.0628. The van der Waals surface area contributed by atoms with E-state index in [4.69, 9.17) is 4.99 Å². The van der Waals surface area contributed by atoms with Gasteiger partial charge in [-0.1, -0.05) is 88.7 Å². The zero-order valence-corrected chi connectivity index (χ0v) is 29.1. The van der Waals surface area contributed by atoms with Gasteiger partial charge in [0.1, 0.15) is 5.75 Å². The zero-order valence-electron chi connectivity index (χ0n) is 27.0. The highest BCUT2D eigenvalue weighted by Gasteiger charge is 2.29. The van der Waals surface area contributed by atoms with Crippen LogP contribution in [0.25, 0.3) is 5.57 Å². The first kappa shape index (κ1) is 34.5. The molecular weight excluding hydrogens is 693 g/mol. The van der Waals surface area contributed by atoms with Gasteiger partial charge in [0.15, 0.2) is 5.78 Å². The molecule has 2 atom stereocenters. The van der Waals surface area contributed by atoms with E-state index in [2.05, 4.69) is 63.9 Å². The van der Waals surface area contributed by atoms with Gasteiger partial charge in [-0.25, -0.2) is 0 Å². The molecule has 1 fully saturated rings. The smallest absolute Gasteiger partial charge is 0.387 e. The largest absolute Gasteiger partial charge is 0.435 e. The number of carbonyl (C=O) groups is 1. The summed E-state index contributed by atoms with van der Waals surface area (Å²) in [6, 6.07) is 12.8. The van der Waals surface area contributed by atoms with E-state index < -0.39 is 6.61 Å². The van der Waals surface area contributed by atoms with Crippen LogP contribution >= 0.6 is 22.6 Å². The maximum atomic E-state index is 13.3. The second kappa shape index (κ2) is 17.4. The molecular formula is C39H47F2IN2O2. The summed E-state index contributed by atoms with van der Waals surface area (Å²) in [5, 5.41) is 3.63. The van der Waals surface area contributed by atoms with Crippen LogP contribution in [0.5, 0.6) is 5.75 Å². The van der Waals surface area contributed by atoms with Crippen LogP contribution in [0.4, 0.5) is 14.5 Å². The molecule has 5 rings (SSSR count). The minimum Gasteiger partial charge on any atom is -0.435 e. The molecule has 246 valence electrons. The lowest BCUT2D eigenvalue weighted by molar-refractivity contribution is -0.0498. The van der Waals surface area contributed by atoms with E-state index in [-0.39, 0.29) is 17.5 Å². The highest BCUT2D eigenvalue weighted by molar-refractivity contribution is 14.1. The van der Waals surface area contributed by atoms with Crippen molar-refractivity contribution in [3.05, 3.63) is 87.3 Å². The Bertz CT molecular complexity index is 1440. The van der Waals surface area contributed by atoms with E-state index >= 15 is 0 Å². The Morgan fingerprint density at radius 1 is 0.978 bits per heavy atom. The fourth-order valence-corrected chi connectivity index (χ4v) is 7.78. The number of aliphatic imine (C=N–C) groups is 1. The molecule has 2 aliphatic carbocycles. The molecule has 0 spiro atoms. The van der Waals surface area contributed by atoms with Crippen molar-refractivity contribution >= 4 is 45.3 Å². The number of nitrogens with zero attached hydrogens (tertiary/aromatic N) is 1. The summed E-state index contributed by atoms with van der Waals surface area (Å²) in [6.07, 6.45) is 24.7. The van der Waals surface area contributed by atoms with Crippen LogP contribution in [-0.2, 0) is 0 Å². The van der Waals surface area contributed by atoms with Gasteiger partial charge in [0.2, 0.25) is 0 Å². The fraction of sp³-hybridized carbons (Fsp3) is 0.487. The summed E-state index contributed by atoms with van der Waals surface area (Å²) >= 11 is 2.29. The molecule has 1 N–H and O–H groups in total. The molecule has 1 aliphatic heterocycles. The highest BCUT2D eigenvalue weighted by atomic mass is 127. The number of fused-ring (bicyclic) bond motifs is 1. The molecule has 0 radical (unpaired) electrons. The number of ether oxygens (including phenoxy) is 1. The SMILES string of the molecule is CC(CCC(=O)c1ccc(N/C2=C/CC/C=C\CCC3C(c4ccc(OC(F)F)cc4)=CN=C23)cc1I)CCC1CCCCCC1. The lowest BCUT2D eigenvalue weighted by Crippen LogP contribution is -2.20. The van der Waals surface area contributed by atoms with E-state index in [1.807, 2.05) is 30.5 Å². The summed E-state index contributed by atoms with van der Waals surface area (Å²) in [4.78, 5) is 18.1. The Labute approximate surface area is 287 Å². The van der Waals surface area contributed by atoms with Crippen molar-refractivity contribution in [1.29, 1.82) is 0 Å². The Hall–Kier alpha value is -2.81. The molecule has 0 bridgehead atoms. The van der Waals surface area contributed by atoms with Gasteiger partial charge >= 0.3 is 6.61 Å². The van der Waals surface area contributed by atoms with Crippen LogP contribution in [-0.4, -0.2) is 18.1 Å². The number of anilines is 1. The number of benzene rings is 2. The molecule has 2 aromatic rings. The van der Waals surface area contributed by atoms with E-state index in [0.29, 0.717) is 12.3 Å². The summed E-state index contributed by atoms with van der Waals surface area (Å²) in [5.41, 5.74) is 5.69. The lowest BCUT2D eigenvalue weighted by Gasteiger charge is -2.22. The van der Waals surface area contributed by atoms with Gasteiger partial charge in [0, 0.05) is 33.4 Å². The molecule has 1 heterocycles. The lowest BCUT2D eigenvalue weighted by atomic mass is 9.85. The minimum atomic E-state index is -2.85. The number of hydrogen-bond acceptors (Lipinski definition) is 4. The van der Waals surface area contributed by atoms with Gasteiger partial charge in [-0.2, -0.15) is 8.78 Å². The molecule has 2 aromatic carbocycles. The van der Waals surface area contributed by atoms with Crippen LogP contribution in [0.15, 0.2) is 77.6 Å². The van der Waals surface area contributed by atoms with Gasteiger partial charge in [-0.05, 0) is 108 Å². The third kappa shape index (κ3) is 9.85. The summed E-state index contributed by atoms with van der Waals surface area (Å²) in [5.74, 6) is 1.89. The molecule has 1 saturated carbocycles. The van der Waals surface area contributed by atoms with Crippen molar-refractivity contribution in [2.24, 2.45) is 22.7 Å². The van der Waals surface area contributed by atoms with Crippen LogP contribution in [0.3, 0.4) is 0 Å². The first-order chi connectivity index (χ1) is 22.4. The van der Waals surface area contributed by atoms with Crippen molar-refractivity contribution in [3.63, 3.8) is 0 Å².